The number of aromatic nitrogens is 1. The number of fused-ring (bicyclic) bond motifs is 1. The van der Waals surface area contributed by atoms with Gasteiger partial charge in [-0.05, 0) is 30.7 Å². The van der Waals surface area contributed by atoms with Crippen LogP contribution in [0, 0.1) is 6.92 Å². The van der Waals surface area contributed by atoms with E-state index >= 15 is 0 Å². The molecule has 0 spiro atoms. The van der Waals surface area contributed by atoms with E-state index in [0.717, 1.165) is 17.0 Å². The molecule has 3 heteroatoms. The topological polar surface area (TPSA) is 48.1 Å². The van der Waals surface area contributed by atoms with Gasteiger partial charge in [-0.1, -0.05) is 6.92 Å². The van der Waals surface area contributed by atoms with Gasteiger partial charge in [0.15, 0.2) is 0 Å². The van der Waals surface area contributed by atoms with Gasteiger partial charge in [-0.3, -0.25) is 4.98 Å². The largest absolute Gasteiger partial charge is 0.497 e. The highest BCUT2D eigenvalue weighted by atomic mass is 16.5. The minimum Gasteiger partial charge on any atom is -0.497 e. The Morgan fingerprint density at radius 1 is 1.35 bits per heavy atom. The van der Waals surface area contributed by atoms with Crippen LogP contribution in [0.2, 0.25) is 0 Å². The normalized spacial score (nSPS) is 12.7. The maximum absolute atomic E-state index is 5.69. The molecule has 0 aliphatic heterocycles. The Balaban J connectivity index is 2.61. The molecule has 90 valence electrons. The van der Waals surface area contributed by atoms with Gasteiger partial charge < -0.3 is 10.5 Å². The molecule has 2 rings (SSSR count). The summed E-state index contributed by atoms with van der Waals surface area (Å²) in [6, 6.07) is 8.10. The van der Waals surface area contributed by atoms with Gasteiger partial charge in [0.05, 0.1) is 12.6 Å². The molecule has 2 N–H and O–H groups in total. The Morgan fingerprint density at radius 2 is 2.12 bits per heavy atom. The molecule has 0 radical (unpaired) electrons. The summed E-state index contributed by atoms with van der Waals surface area (Å²) in [5.41, 5.74) is 8.94. The lowest BCUT2D eigenvalue weighted by molar-refractivity contribution is 0.415. The molecule has 1 unspecified atom stereocenters. The van der Waals surface area contributed by atoms with E-state index in [4.69, 9.17) is 10.5 Å². The molecule has 17 heavy (non-hydrogen) atoms. The standard InChI is InChI=1S/C14H18N2O/c1-9-6-13(10(2)8-15)16-14-7-11(17-3)4-5-12(9)14/h4-7,10H,8,15H2,1-3H3. The Hall–Kier alpha value is -1.61. The molecule has 0 fully saturated rings. The van der Waals surface area contributed by atoms with Crippen LogP contribution in [0.1, 0.15) is 24.1 Å². The van der Waals surface area contributed by atoms with Gasteiger partial charge in [-0.2, -0.15) is 0 Å². The van der Waals surface area contributed by atoms with E-state index in [1.807, 2.05) is 18.2 Å². The van der Waals surface area contributed by atoms with Crippen molar-refractivity contribution in [2.75, 3.05) is 13.7 Å². The van der Waals surface area contributed by atoms with Crippen molar-refractivity contribution >= 4 is 10.9 Å². The smallest absolute Gasteiger partial charge is 0.121 e. The third-order valence-corrected chi connectivity index (χ3v) is 3.10. The van der Waals surface area contributed by atoms with Crippen LogP contribution in [-0.2, 0) is 0 Å². The van der Waals surface area contributed by atoms with Gasteiger partial charge >= 0.3 is 0 Å². The number of benzene rings is 1. The fourth-order valence-corrected chi connectivity index (χ4v) is 1.91. The third-order valence-electron chi connectivity index (χ3n) is 3.10. The van der Waals surface area contributed by atoms with Crippen LogP contribution in [0.25, 0.3) is 10.9 Å². The SMILES string of the molecule is COc1ccc2c(C)cc(C(C)CN)nc2c1. The molecule has 0 saturated heterocycles. The summed E-state index contributed by atoms with van der Waals surface area (Å²) in [5, 5.41) is 1.17. The van der Waals surface area contributed by atoms with Crippen molar-refractivity contribution in [2.45, 2.75) is 19.8 Å². The van der Waals surface area contributed by atoms with Crippen LogP contribution in [0.3, 0.4) is 0 Å². The first kappa shape index (κ1) is 11.9. The highest BCUT2D eigenvalue weighted by Gasteiger charge is 2.09. The van der Waals surface area contributed by atoms with E-state index in [2.05, 4.69) is 24.9 Å². The summed E-state index contributed by atoms with van der Waals surface area (Å²) < 4.78 is 5.22. The molecule has 3 nitrogen and oxygen atoms in total. The van der Waals surface area contributed by atoms with Crippen molar-refractivity contribution in [1.29, 1.82) is 0 Å². The summed E-state index contributed by atoms with van der Waals surface area (Å²) in [7, 11) is 1.67. The van der Waals surface area contributed by atoms with E-state index in [1.165, 1.54) is 10.9 Å². The number of hydrogen-bond acceptors (Lipinski definition) is 3. The molecule has 0 amide bonds. The Labute approximate surface area is 102 Å². The van der Waals surface area contributed by atoms with Gasteiger partial charge in [-0.25, -0.2) is 0 Å². The van der Waals surface area contributed by atoms with Crippen LogP contribution < -0.4 is 10.5 Å². The Bertz CT molecular complexity index is 537. The van der Waals surface area contributed by atoms with Crippen molar-refractivity contribution in [2.24, 2.45) is 5.73 Å². The molecule has 1 aromatic heterocycles. The fourth-order valence-electron chi connectivity index (χ4n) is 1.91. The predicted molar refractivity (Wildman–Crippen MR) is 70.5 cm³/mol. The molecular weight excluding hydrogens is 212 g/mol. The highest BCUT2D eigenvalue weighted by Crippen LogP contribution is 2.25. The second kappa shape index (κ2) is 4.72. The molecule has 1 heterocycles. The Morgan fingerprint density at radius 3 is 2.76 bits per heavy atom. The summed E-state index contributed by atoms with van der Waals surface area (Å²) in [4.78, 5) is 4.66. The van der Waals surface area contributed by atoms with E-state index in [0.29, 0.717) is 6.54 Å². The molecule has 0 bridgehead atoms. The lowest BCUT2D eigenvalue weighted by atomic mass is 10.0. The van der Waals surface area contributed by atoms with Gasteiger partial charge in [0.1, 0.15) is 5.75 Å². The second-order valence-electron chi connectivity index (χ2n) is 4.38. The van der Waals surface area contributed by atoms with Crippen LogP contribution in [0.5, 0.6) is 5.75 Å². The Kier molecular flexibility index (Phi) is 3.29. The maximum atomic E-state index is 5.69. The van der Waals surface area contributed by atoms with Crippen molar-refractivity contribution in [3.8, 4) is 5.75 Å². The molecule has 0 aliphatic rings. The van der Waals surface area contributed by atoms with E-state index in [-0.39, 0.29) is 5.92 Å². The molecule has 1 aromatic carbocycles. The van der Waals surface area contributed by atoms with Gasteiger partial charge in [0.2, 0.25) is 0 Å². The first-order valence-electron chi connectivity index (χ1n) is 5.81. The average Bonchev–Trinajstić information content (AvgIpc) is 2.36. The third kappa shape index (κ3) is 2.24. The number of aryl methyl sites for hydroxylation is 1. The van der Waals surface area contributed by atoms with Gasteiger partial charge in [-0.15, -0.1) is 0 Å². The number of ether oxygens (including phenoxy) is 1. The minimum atomic E-state index is 0.282. The number of pyridine rings is 1. The molecular formula is C14H18N2O. The van der Waals surface area contributed by atoms with Crippen LogP contribution >= 0.6 is 0 Å². The van der Waals surface area contributed by atoms with Crippen LogP contribution in [0.4, 0.5) is 0 Å². The molecule has 2 aromatic rings. The highest BCUT2D eigenvalue weighted by molar-refractivity contribution is 5.83. The lowest BCUT2D eigenvalue weighted by Gasteiger charge is -2.11. The maximum Gasteiger partial charge on any atom is 0.121 e. The van der Waals surface area contributed by atoms with Crippen LogP contribution in [-0.4, -0.2) is 18.6 Å². The zero-order valence-electron chi connectivity index (χ0n) is 10.5. The van der Waals surface area contributed by atoms with E-state index < -0.39 is 0 Å². The second-order valence-corrected chi connectivity index (χ2v) is 4.38. The first-order valence-corrected chi connectivity index (χ1v) is 5.81. The number of rotatable bonds is 3. The van der Waals surface area contributed by atoms with E-state index in [1.54, 1.807) is 7.11 Å². The van der Waals surface area contributed by atoms with Gasteiger partial charge in [0, 0.05) is 29.6 Å². The number of nitrogens with zero attached hydrogens (tertiary/aromatic N) is 1. The average molecular weight is 230 g/mol. The minimum absolute atomic E-state index is 0.282. The van der Waals surface area contributed by atoms with Crippen molar-refractivity contribution in [3.63, 3.8) is 0 Å². The summed E-state index contributed by atoms with van der Waals surface area (Å²) in [6.07, 6.45) is 0. The number of hydrogen-bond donors (Lipinski definition) is 1. The van der Waals surface area contributed by atoms with Gasteiger partial charge in [0.25, 0.3) is 0 Å². The van der Waals surface area contributed by atoms with Crippen molar-refractivity contribution in [1.82, 2.24) is 4.98 Å². The number of methoxy groups -OCH3 is 1. The first-order chi connectivity index (χ1) is 8.15. The summed E-state index contributed by atoms with van der Waals surface area (Å²) >= 11 is 0. The van der Waals surface area contributed by atoms with Crippen molar-refractivity contribution < 1.29 is 4.74 Å². The summed E-state index contributed by atoms with van der Waals surface area (Å²) in [6.45, 7) is 4.80. The summed E-state index contributed by atoms with van der Waals surface area (Å²) in [5.74, 6) is 1.12. The van der Waals surface area contributed by atoms with Crippen LogP contribution in [0.15, 0.2) is 24.3 Å². The quantitative estimate of drug-likeness (QED) is 0.881. The van der Waals surface area contributed by atoms with Crippen molar-refractivity contribution in [3.05, 3.63) is 35.5 Å². The molecule has 0 aliphatic carbocycles. The fraction of sp³-hybridized carbons (Fsp3) is 0.357. The zero-order chi connectivity index (χ0) is 12.4. The molecule has 0 saturated carbocycles. The van der Waals surface area contributed by atoms with E-state index in [9.17, 15) is 0 Å². The predicted octanol–water partition coefficient (Wildman–Crippen LogP) is 2.61. The monoisotopic (exact) mass is 230 g/mol. The zero-order valence-corrected chi connectivity index (χ0v) is 10.5. The lowest BCUT2D eigenvalue weighted by Crippen LogP contribution is -2.10. The number of nitrogens with two attached hydrogens (primary N) is 1. The molecule has 1 atom stereocenters.